The van der Waals surface area contributed by atoms with Gasteiger partial charge in [0.15, 0.2) is 9.84 Å². The molecule has 0 fully saturated rings. The summed E-state index contributed by atoms with van der Waals surface area (Å²) in [6.07, 6.45) is 2.90. The van der Waals surface area contributed by atoms with Crippen molar-refractivity contribution in [3.63, 3.8) is 0 Å². The summed E-state index contributed by atoms with van der Waals surface area (Å²) in [5.74, 6) is 0. The second kappa shape index (κ2) is 3.29. The summed E-state index contributed by atoms with van der Waals surface area (Å²) in [5.41, 5.74) is 0. The molecule has 0 atom stereocenters. The summed E-state index contributed by atoms with van der Waals surface area (Å²) in [6, 6.07) is 0. The third-order valence-corrected chi connectivity index (χ3v) is 5.47. The molecule has 0 aliphatic rings. The van der Waals surface area contributed by atoms with Crippen molar-refractivity contribution in [3.8, 4) is 0 Å². The van der Waals surface area contributed by atoms with Crippen molar-refractivity contribution in [1.29, 1.82) is 0 Å². The van der Waals surface area contributed by atoms with Gasteiger partial charge in [-0.25, -0.2) is 8.42 Å². The van der Waals surface area contributed by atoms with E-state index in [2.05, 4.69) is 13.2 Å². The summed E-state index contributed by atoms with van der Waals surface area (Å²) in [5, 5.41) is 0. The SMILES string of the molecule is C=CC(C)(C)S(=O)(=O)C(C)(C)C=C. The van der Waals surface area contributed by atoms with E-state index in [1.807, 2.05) is 0 Å². The average Bonchev–Trinajstić information content (AvgIpc) is 2.03. The monoisotopic (exact) mass is 202 g/mol. The van der Waals surface area contributed by atoms with Gasteiger partial charge in [0.2, 0.25) is 0 Å². The molecule has 0 heterocycles. The van der Waals surface area contributed by atoms with Gasteiger partial charge in [0.1, 0.15) is 0 Å². The largest absolute Gasteiger partial charge is 0.227 e. The van der Waals surface area contributed by atoms with Crippen LogP contribution >= 0.6 is 0 Å². The molecule has 0 aromatic carbocycles. The number of hydrogen-bond donors (Lipinski definition) is 0. The Morgan fingerprint density at radius 2 is 1.15 bits per heavy atom. The fraction of sp³-hybridized carbons (Fsp3) is 0.600. The Hall–Kier alpha value is -0.570. The molecule has 0 saturated heterocycles. The lowest BCUT2D eigenvalue weighted by Gasteiger charge is -2.30. The zero-order valence-electron chi connectivity index (χ0n) is 8.79. The minimum absolute atomic E-state index is 0.912. The van der Waals surface area contributed by atoms with Crippen molar-refractivity contribution < 1.29 is 8.42 Å². The molecule has 0 unspecified atom stereocenters. The molecule has 0 saturated carbocycles. The molecule has 0 aromatic rings. The molecule has 0 rings (SSSR count). The molecule has 0 bridgehead atoms. The molecule has 3 heteroatoms. The third-order valence-electron chi connectivity index (χ3n) is 2.37. The first-order valence-corrected chi connectivity index (χ1v) is 5.62. The first-order valence-electron chi connectivity index (χ1n) is 4.14. The molecule has 0 aliphatic carbocycles. The zero-order valence-corrected chi connectivity index (χ0v) is 9.61. The maximum atomic E-state index is 12.0. The van der Waals surface area contributed by atoms with E-state index in [9.17, 15) is 8.42 Å². The fourth-order valence-electron chi connectivity index (χ4n) is 0.897. The number of sulfone groups is 1. The highest BCUT2D eigenvalue weighted by Gasteiger charge is 2.42. The van der Waals surface area contributed by atoms with Crippen LogP contribution in [0.15, 0.2) is 25.3 Å². The lowest BCUT2D eigenvalue weighted by atomic mass is 10.2. The zero-order chi connectivity index (χ0) is 10.9. The van der Waals surface area contributed by atoms with Gasteiger partial charge in [-0.05, 0) is 27.7 Å². The van der Waals surface area contributed by atoms with E-state index in [-0.39, 0.29) is 0 Å². The van der Waals surface area contributed by atoms with Crippen molar-refractivity contribution in [1.82, 2.24) is 0 Å². The summed E-state index contributed by atoms with van der Waals surface area (Å²) >= 11 is 0. The molecule has 0 aliphatic heterocycles. The molecule has 0 spiro atoms. The smallest absolute Gasteiger partial charge is 0.167 e. The molecule has 13 heavy (non-hydrogen) atoms. The standard InChI is InChI=1S/C10H18O2S/c1-7-9(3,4)13(11,12)10(5,6)8-2/h7-8H,1-2H2,3-6H3. The Morgan fingerprint density at radius 3 is 1.31 bits per heavy atom. The minimum atomic E-state index is -3.27. The molecule has 0 N–H and O–H groups in total. The fourth-order valence-corrected chi connectivity index (χ4v) is 2.69. The molecule has 0 aromatic heterocycles. The highest BCUT2D eigenvalue weighted by Crippen LogP contribution is 2.30. The summed E-state index contributed by atoms with van der Waals surface area (Å²) in [7, 11) is -3.27. The van der Waals surface area contributed by atoms with Crippen molar-refractivity contribution >= 4 is 9.84 Å². The highest BCUT2D eigenvalue weighted by molar-refractivity contribution is 7.94. The van der Waals surface area contributed by atoms with E-state index in [0.29, 0.717) is 0 Å². The Balaban J connectivity index is 5.48. The van der Waals surface area contributed by atoms with Gasteiger partial charge in [0.05, 0.1) is 9.49 Å². The molecule has 2 nitrogen and oxygen atoms in total. The second-order valence-electron chi connectivity index (χ2n) is 4.12. The van der Waals surface area contributed by atoms with E-state index in [1.165, 1.54) is 12.2 Å². The summed E-state index contributed by atoms with van der Waals surface area (Å²) in [6.45, 7) is 13.6. The molecule has 76 valence electrons. The topological polar surface area (TPSA) is 34.1 Å². The van der Waals surface area contributed by atoms with Gasteiger partial charge in [-0.1, -0.05) is 12.2 Å². The van der Waals surface area contributed by atoms with Crippen LogP contribution in [0.25, 0.3) is 0 Å². The van der Waals surface area contributed by atoms with E-state index < -0.39 is 19.3 Å². The van der Waals surface area contributed by atoms with Gasteiger partial charge >= 0.3 is 0 Å². The lowest BCUT2D eigenvalue weighted by Crippen LogP contribution is -2.43. The number of hydrogen-bond acceptors (Lipinski definition) is 2. The van der Waals surface area contributed by atoms with Crippen LogP contribution in [0.5, 0.6) is 0 Å². The van der Waals surface area contributed by atoms with Crippen LogP contribution in [-0.2, 0) is 9.84 Å². The molecular formula is C10H18O2S. The van der Waals surface area contributed by atoms with Gasteiger partial charge in [0, 0.05) is 0 Å². The van der Waals surface area contributed by atoms with Crippen LogP contribution < -0.4 is 0 Å². The Kier molecular flexibility index (Phi) is 3.15. The van der Waals surface area contributed by atoms with E-state index in [0.717, 1.165) is 0 Å². The lowest BCUT2D eigenvalue weighted by molar-refractivity contribution is 0.547. The van der Waals surface area contributed by atoms with E-state index in [1.54, 1.807) is 27.7 Å². The third kappa shape index (κ3) is 1.85. The highest BCUT2D eigenvalue weighted by atomic mass is 32.2. The Labute approximate surface area is 81.3 Å². The Bertz CT molecular complexity index is 282. The molecule has 0 amide bonds. The van der Waals surface area contributed by atoms with Crippen molar-refractivity contribution in [2.24, 2.45) is 0 Å². The number of rotatable bonds is 4. The van der Waals surface area contributed by atoms with Gasteiger partial charge in [-0.2, -0.15) is 0 Å². The van der Waals surface area contributed by atoms with Crippen LogP contribution in [-0.4, -0.2) is 17.9 Å². The summed E-state index contributed by atoms with van der Waals surface area (Å²) in [4.78, 5) is 0. The van der Waals surface area contributed by atoms with E-state index in [4.69, 9.17) is 0 Å². The quantitative estimate of drug-likeness (QED) is 0.656. The first kappa shape index (κ1) is 12.4. The predicted octanol–water partition coefficient (Wildman–Crippen LogP) is 2.33. The van der Waals surface area contributed by atoms with Gasteiger partial charge < -0.3 is 0 Å². The van der Waals surface area contributed by atoms with Crippen molar-refractivity contribution in [3.05, 3.63) is 25.3 Å². The van der Waals surface area contributed by atoms with Gasteiger partial charge in [-0.3, -0.25) is 0 Å². The van der Waals surface area contributed by atoms with Gasteiger partial charge in [-0.15, -0.1) is 13.2 Å². The maximum absolute atomic E-state index is 12.0. The van der Waals surface area contributed by atoms with Crippen LogP contribution in [0.3, 0.4) is 0 Å². The van der Waals surface area contributed by atoms with E-state index >= 15 is 0 Å². The second-order valence-corrected chi connectivity index (χ2v) is 7.23. The van der Waals surface area contributed by atoms with Gasteiger partial charge in [0.25, 0.3) is 0 Å². The average molecular weight is 202 g/mol. The van der Waals surface area contributed by atoms with Crippen LogP contribution in [0, 0.1) is 0 Å². The molecule has 0 radical (unpaired) electrons. The van der Waals surface area contributed by atoms with Crippen LogP contribution in [0.4, 0.5) is 0 Å². The van der Waals surface area contributed by atoms with Crippen molar-refractivity contribution in [2.45, 2.75) is 37.2 Å². The predicted molar refractivity (Wildman–Crippen MR) is 57.5 cm³/mol. The van der Waals surface area contributed by atoms with Crippen LogP contribution in [0.2, 0.25) is 0 Å². The van der Waals surface area contributed by atoms with Crippen molar-refractivity contribution in [2.75, 3.05) is 0 Å². The van der Waals surface area contributed by atoms with Crippen LogP contribution in [0.1, 0.15) is 27.7 Å². The maximum Gasteiger partial charge on any atom is 0.167 e. The normalized spacial score (nSPS) is 13.8. The summed E-state index contributed by atoms with van der Waals surface area (Å²) < 4.78 is 22.2. The molecular weight excluding hydrogens is 184 g/mol. The Morgan fingerprint density at radius 1 is 0.923 bits per heavy atom. The minimum Gasteiger partial charge on any atom is -0.227 e. The first-order chi connectivity index (χ1) is 5.62.